The van der Waals surface area contributed by atoms with Gasteiger partial charge in [-0.1, -0.05) is 52.0 Å². The highest BCUT2D eigenvalue weighted by Crippen LogP contribution is 2.34. The summed E-state index contributed by atoms with van der Waals surface area (Å²) in [4.78, 5) is 0. The van der Waals surface area contributed by atoms with E-state index < -0.39 is 0 Å². The van der Waals surface area contributed by atoms with Crippen LogP contribution >= 0.6 is 27.7 Å². The van der Waals surface area contributed by atoms with Crippen molar-refractivity contribution in [1.29, 1.82) is 5.26 Å². The Bertz CT molecular complexity index is 1060. The smallest absolute Gasteiger partial charge is 0.192 e. The van der Waals surface area contributed by atoms with Crippen molar-refractivity contribution in [2.45, 2.75) is 24.4 Å². The van der Waals surface area contributed by atoms with Crippen molar-refractivity contribution >= 4 is 33.4 Å². The van der Waals surface area contributed by atoms with Crippen LogP contribution in [0.1, 0.15) is 36.4 Å². The van der Waals surface area contributed by atoms with Crippen molar-refractivity contribution in [2.75, 3.05) is 5.75 Å². The van der Waals surface area contributed by atoms with E-state index in [4.69, 9.17) is 10.4 Å². The Morgan fingerprint density at radius 2 is 1.78 bits per heavy atom. The van der Waals surface area contributed by atoms with E-state index in [0.29, 0.717) is 5.56 Å². The first kappa shape index (κ1) is 18.0. The lowest BCUT2D eigenvalue weighted by atomic mass is 9.84. The van der Waals surface area contributed by atoms with E-state index in [9.17, 15) is 0 Å². The summed E-state index contributed by atoms with van der Waals surface area (Å²) in [6, 6.07) is 17.9. The maximum Gasteiger partial charge on any atom is 0.212 e. The number of fused-ring (bicyclic) bond motifs is 1. The average Bonchev–Trinajstić information content (AvgIpc) is 3.12. The number of nitriles is 1. The van der Waals surface area contributed by atoms with Gasteiger partial charge in [0, 0.05) is 10.2 Å². The SMILES string of the molecule is CC(C)(c1ccc(Br)cc1)c1nnc2n1N=C(c1ccc(C#N)cc1)CS2. The molecule has 0 aliphatic carbocycles. The van der Waals surface area contributed by atoms with Crippen molar-refractivity contribution < 1.29 is 0 Å². The number of nitrogens with zero attached hydrogens (tertiary/aromatic N) is 5. The van der Waals surface area contributed by atoms with Gasteiger partial charge in [0.15, 0.2) is 5.82 Å². The average molecular weight is 438 g/mol. The molecule has 0 fully saturated rings. The minimum absolute atomic E-state index is 0.344. The monoisotopic (exact) mass is 437 g/mol. The second kappa shape index (κ2) is 6.95. The van der Waals surface area contributed by atoms with Crippen molar-refractivity contribution in [3.63, 3.8) is 0 Å². The highest BCUT2D eigenvalue weighted by molar-refractivity contribution is 9.10. The van der Waals surface area contributed by atoms with Crippen LogP contribution in [0.15, 0.2) is 63.3 Å². The highest BCUT2D eigenvalue weighted by atomic mass is 79.9. The second-order valence-corrected chi connectivity index (χ2v) is 8.63. The van der Waals surface area contributed by atoms with Crippen LogP contribution in [-0.2, 0) is 5.41 Å². The second-order valence-electron chi connectivity index (χ2n) is 6.77. The molecule has 0 saturated heterocycles. The molecule has 27 heavy (non-hydrogen) atoms. The minimum atomic E-state index is -0.344. The van der Waals surface area contributed by atoms with E-state index in [0.717, 1.165) is 38.0 Å². The molecule has 4 rings (SSSR count). The van der Waals surface area contributed by atoms with Gasteiger partial charge in [-0.05, 0) is 49.2 Å². The maximum atomic E-state index is 8.98. The van der Waals surface area contributed by atoms with E-state index in [-0.39, 0.29) is 5.41 Å². The summed E-state index contributed by atoms with van der Waals surface area (Å²) in [7, 11) is 0. The van der Waals surface area contributed by atoms with Gasteiger partial charge < -0.3 is 0 Å². The zero-order valence-electron chi connectivity index (χ0n) is 14.8. The largest absolute Gasteiger partial charge is 0.212 e. The number of rotatable bonds is 3. The Hall–Kier alpha value is -2.43. The number of hydrogen-bond donors (Lipinski definition) is 0. The summed E-state index contributed by atoms with van der Waals surface area (Å²) in [5, 5.41) is 23.4. The Morgan fingerprint density at radius 3 is 2.44 bits per heavy atom. The fourth-order valence-electron chi connectivity index (χ4n) is 2.99. The molecular formula is C20H16BrN5S. The highest BCUT2D eigenvalue weighted by Gasteiger charge is 2.32. The van der Waals surface area contributed by atoms with E-state index in [1.807, 2.05) is 41.1 Å². The van der Waals surface area contributed by atoms with Crippen molar-refractivity contribution in [1.82, 2.24) is 14.9 Å². The standard InChI is InChI=1S/C20H16BrN5S/c1-20(2,15-7-9-16(21)10-8-15)18-23-24-19-26(18)25-17(12-27-19)14-5-3-13(11-22)4-6-14/h3-10H,12H2,1-2H3. The number of halogens is 1. The van der Waals surface area contributed by atoms with Gasteiger partial charge in [-0.15, -0.1) is 10.2 Å². The lowest BCUT2D eigenvalue weighted by molar-refractivity contribution is 0.545. The molecule has 0 amide bonds. The van der Waals surface area contributed by atoms with Gasteiger partial charge in [0.1, 0.15) is 0 Å². The first-order chi connectivity index (χ1) is 13.0. The van der Waals surface area contributed by atoms with E-state index in [1.165, 1.54) is 0 Å². The summed E-state index contributed by atoms with van der Waals surface area (Å²) in [6.45, 7) is 4.26. The molecular weight excluding hydrogens is 422 g/mol. The predicted octanol–water partition coefficient (Wildman–Crippen LogP) is 4.60. The number of aromatic nitrogens is 3. The van der Waals surface area contributed by atoms with Crippen LogP contribution in [0.25, 0.3) is 0 Å². The van der Waals surface area contributed by atoms with Crippen molar-refractivity contribution in [2.24, 2.45) is 5.10 Å². The normalized spacial score (nSPS) is 13.6. The quantitative estimate of drug-likeness (QED) is 0.600. The molecule has 3 aromatic rings. The Labute approximate surface area is 170 Å². The third kappa shape index (κ3) is 3.31. The Morgan fingerprint density at radius 1 is 1.07 bits per heavy atom. The van der Waals surface area contributed by atoms with Gasteiger partial charge in [0.25, 0.3) is 0 Å². The first-order valence-corrected chi connectivity index (χ1v) is 10.2. The Balaban J connectivity index is 1.75. The lowest BCUT2D eigenvalue weighted by Crippen LogP contribution is -2.25. The van der Waals surface area contributed by atoms with E-state index in [2.05, 4.69) is 58.2 Å². The van der Waals surface area contributed by atoms with Crippen LogP contribution in [-0.4, -0.2) is 26.3 Å². The van der Waals surface area contributed by atoms with E-state index in [1.54, 1.807) is 11.8 Å². The van der Waals surface area contributed by atoms with Crippen LogP contribution < -0.4 is 0 Å². The predicted molar refractivity (Wildman–Crippen MR) is 110 cm³/mol. The van der Waals surface area contributed by atoms with Crippen LogP contribution in [0, 0.1) is 11.3 Å². The first-order valence-electron chi connectivity index (χ1n) is 8.42. The van der Waals surface area contributed by atoms with Gasteiger partial charge in [0.2, 0.25) is 5.16 Å². The van der Waals surface area contributed by atoms with Crippen LogP contribution in [0.4, 0.5) is 0 Å². The summed E-state index contributed by atoms with van der Waals surface area (Å²) >= 11 is 5.11. The molecule has 0 bridgehead atoms. The molecule has 0 spiro atoms. The van der Waals surface area contributed by atoms with Crippen LogP contribution in [0.3, 0.4) is 0 Å². The third-order valence-electron chi connectivity index (χ3n) is 4.64. The summed E-state index contributed by atoms with van der Waals surface area (Å²) in [6.07, 6.45) is 0. The fourth-order valence-corrected chi connectivity index (χ4v) is 4.09. The van der Waals surface area contributed by atoms with Gasteiger partial charge in [0.05, 0.1) is 22.8 Å². The molecule has 1 aliphatic rings. The van der Waals surface area contributed by atoms with Crippen LogP contribution in [0.2, 0.25) is 0 Å². The molecule has 1 aliphatic heterocycles. The number of hydrogen-bond acceptors (Lipinski definition) is 5. The molecule has 0 unspecified atom stereocenters. The van der Waals surface area contributed by atoms with E-state index >= 15 is 0 Å². The van der Waals surface area contributed by atoms with Gasteiger partial charge >= 0.3 is 0 Å². The molecule has 5 nitrogen and oxygen atoms in total. The zero-order valence-corrected chi connectivity index (χ0v) is 17.3. The summed E-state index contributed by atoms with van der Waals surface area (Å²) in [5.74, 6) is 1.53. The molecule has 134 valence electrons. The van der Waals surface area contributed by atoms with Gasteiger partial charge in [-0.2, -0.15) is 15.0 Å². The summed E-state index contributed by atoms with van der Waals surface area (Å²) < 4.78 is 2.89. The van der Waals surface area contributed by atoms with Crippen molar-refractivity contribution in [3.05, 3.63) is 75.5 Å². The van der Waals surface area contributed by atoms with Crippen LogP contribution in [0.5, 0.6) is 0 Å². The molecule has 0 atom stereocenters. The summed E-state index contributed by atoms with van der Waals surface area (Å²) in [5.41, 5.74) is 3.40. The fraction of sp³-hybridized carbons (Fsp3) is 0.200. The number of thioether (sulfide) groups is 1. The molecule has 1 aromatic heterocycles. The molecule has 2 aromatic carbocycles. The molecule has 0 radical (unpaired) electrons. The Kier molecular flexibility index (Phi) is 4.62. The molecule has 7 heteroatoms. The molecule has 0 N–H and O–H groups in total. The lowest BCUT2D eigenvalue weighted by Gasteiger charge is -2.25. The molecule has 2 heterocycles. The number of benzene rings is 2. The third-order valence-corrected chi connectivity index (χ3v) is 6.10. The van der Waals surface area contributed by atoms with Gasteiger partial charge in [-0.25, -0.2) is 0 Å². The van der Waals surface area contributed by atoms with Crippen molar-refractivity contribution in [3.8, 4) is 6.07 Å². The van der Waals surface area contributed by atoms with Gasteiger partial charge in [-0.3, -0.25) is 0 Å². The maximum absolute atomic E-state index is 8.98. The topological polar surface area (TPSA) is 66.9 Å². The zero-order chi connectivity index (χ0) is 19.0. The molecule has 0 saturated carbocycles. The minimum Gasteiger partial charge on any atom is -0.192 e.